The Kier molecular flexibility index (Phi) is 11.3. The predicted molar refractivity (Wildman–Crippen MR) is 89.7 cm³/mol. The van der Waals surface area contributed by atoms with Gasteiger partial charge in [0.15, 0.2) is 0 Å². The van der Waals surface area contributed by atoms with E-state index in [9.17, 15) is 4.79 Å². The first kappa shape index (κ1) is 20.2. The van der Waals surface area contributed by atoms with Crippen molar-refractivity contribution in [2.24, 2.45) is 0 Å². The third-order valence-corrected chi connectivity index (χ3v) is 2.74. The van der Waals surface area contributed by atoms with Crippen LogP contribution in [0.15, 0.2) is 60.7 Å². The van der Waals surface area contributed by atoms with Crippen LogP contribution < -0.4 is 5.32 Å². The molecular weight excluding hydrogens is 292 g/mol. The van der Waals surface area contributed by atoms with Crippen LogP contribution in [-0.2, 0) is 17.8 Å². The van der Waals surface area contributed by atoms with Gasteiger partial charge in [0.1, 0.15) is 6.61 Å². The molecule has 5 heteroatoms. The number of nitrogens with zero attached hydrogens (tertiary/aromatic N) is 1. The van der Waals surface area contributed by atoms with Gasteiger partial charge in [-0.15, -0.1) is 0 Å². The molecule has 0 heterocycles. The van der Waals surface area contributed by atoms with Crippen molar-refractivity contribution in [1.29, 1.82) is 5.26 Å². The van der Waals surface area contributed by atoms with Gasteiger partial charge in [0.2, 0.25) is 0 Å². The number of hydrogen-bond acceptors (Lipinski definition) is 3. The molecule has 0 fully saturated rings. The molecule has 0 bridgehead atoms. The fourth-order valence-corrected chi connectivity index (χ4v) is 1.73. The van der Waals surface area contributed by atoms with Crippen molar-refractivity contribution in [3.05, 3.63) is 71.8 Å². The maximum atomic E-state index is 11.5. The maximum Gasteiger partial charge on any atom is 0.407 e. The number of rotatable bonds is 5. The molecule has 0 aliphatic heterocycles. The smallest absolute Gasteiger partial charge is 0.407 e. The molecule has 2 rings (SSSR count). The Morgan fingerprint density at radius 2 is 1.52 bits per heavy atom. The largest absolute Gasteiger partial charge is 0.445 e. The minimum absolute atomic E-state index is 0. The normalized spacial score (nSPS) is 8.52. The number of alkyl carbamates (subject to hydrolysis) is 1. The van der Waals surface area contributed by atoms with Gasteiger partial charge in [-0.05, 0) is 17.5 Å². The van der Waals surface area contributed by atoms with E-state index in [1.165, 1.54) is 12.5 Å². The SMILES string of the molecule is CC#N.O.O=C(NCCc1ccccc1)OCc1ccccc1. The quantitative estimate of drug-likeness (QED) is 0.919. The Balaban J connectivity index is 0.00000112. The number of nitriles is 1. The van der Waals surface area contributed by atoms with Crippen LogP contribution >= 0.6 is 0 Å². The molecule has 23 heavy (non-hydrogen) atoms. The Bertz CT molecular complexity index is 580. The second kappa shape index (κ2) is 12.9. The maximum absolute atomic E-state index is 11.5. The zero-order valence-corrected chi connectivity index (χ0v) is 13.2. The van der Waals surface area contributed by atoms with Crippen molar-refractivity contribution in [2.45, 2.75) is 20.0 Å². The minimum atomic E-state index is -0.375. The molecule has 0 radical (unpaired) electrons. The van der Waals surface area contributed by atoms with Crippen molar-refractivity contribution in [3.8, 4) is 6.07 Å². The van der Waals surface area contributed by atoms with Crippen molar-refractivity contribution in [1.82, 2.24) is 5.32 Å². The van der Waals surface area contributed by atoms with Gasteiger partial charge in [-0.3, -0.25) is 0 Å². The predicted octanol–water partition coefficient (Wildman–Crippen LogP) is 2.86. The van der Waals surface area contributed by atoms with E-state index in [0.29, 0.717) is 13.2 Å². The van der Waals surface area contributed by atoms with Gasteiger partial charge < -0.3 is 15.5 Å². The summed E-state index contributed by atoms with van der Waals surface area (Å²) < 4.78 is 5.12. The molecule has 2 aromatic rings. The minimum Gasteiger partial charge on any atom is -0.445 e. The van der Waals surface area contributed by atoms with Gasteiger partial charge in [0.05, 0.1) is 6.07 Å². The number of nitrogens with one attached hydrogen (secondary N) is 1. The van der Waals surface area contributed by atoms with E-state index < -0.39 is 0 Å². The fraction of sp³-hybridized carbons (Fsp3) is 0.222. The highest BCUT2D eigenvalue weighted by molar-refractivity contribution is 5.67. The lowest BCUT2D eigenvalue weighted by Gasteiger charge is -2.07. The number of hydrogen-bond donors (Lipinski definition) is 1. The molecular formula is C18H22N2O3. The molecule has 0 aliphatic carbocycles. The fourth-order valence-electron chi connectivity index (χ4n) is 1.73. The van der Waals surface area contributed by atoms with Crippen LogP contribution in [0.3, 0.4) is 0 Å². The van der Waals surface area contributed by atoms with E-state index in [1.807, 2.05) is 60.7 Å². The lowest BCUT2D eigenvalue weighted by Crippen LogP contribution is -2.26. The second-order valence-corrected chi connectivity index (χ2v) is 4.45. The Labute approximate surface area is 136 Å². The lowest BCUT2D eigenvalue weighted by molar-refractivity contribution is 0.140. The highest BCUT2D eigenvalue weighted by atomic mass is 16.5. The topological polar surface area (TPSA) is 93.6 Å². The van der Waals surface area contributed by atoms with Crippen LogP contribution in [0.1, 0.15) is 18.1 Å². The van der Waals surface area contributed by atoms with Crippen LogP contribution in [0, 0.1) is 11.3 Å². The van der Waals surface area contributed by atoms with E-state index in [-0.39, 0.29) is 11.6 Å². The highest BCUT2D eigenvalue weighted by Gasteiger charge is 2.01. The summed E-state index contributed by atoms with van der Waals surface area (Å²) in [5, 5.41) is 10.1. The van der Waals surface area contributed by atoms with Crippen molar-refractivity contribution in [3.63, 3.8) is 0 Å². The van der Waals surface area contributed by atoms with Crippen molar-refractivity contribution >= 4 is 6.09 Å². The summed E-state index contributed by atoms with van der Waals surface area (Å²) >= 11 is 0. The average Bonchev–Trinajstić information content (AvgIpc) is 2.56. The number of ether oxygens (including phenoxy) is 1. The summed E-state index contributed by atoms with van der Waals surface area (Å²) in [4.78, 5) is 11.5. The third-order valence-electron chi connectivity index (χ3n) is 2.74. The summed E-state index contributed by atoms with van der Waals surface area (Å²) in [7, 11) is 0. The first-order chi connectivity index (χ1) is 10.8. The first-order valence-corrected chi connectivity index (χ1v) is 7.05. The molecule has 0 spiro atoms. The van der Waals surface area contributed by atoms with Crippen molar-refractivity contribution < 1.29 is 15.0 Å². The average molecular weight is 314 g/mol. The van der Waals surface area contributed by atoms with Gasteiger partial charge in [-0.2, -0.15) is 5.26 Å². The molecule has 0 aliphatic rings. The number of carbonyl (C=O) groups excluding carboxylic acids is 1. The van der Waals surface area contributed by atoms with Crippen LogP contribution in [0.4, 0.5) is 4.79 Å². The highest BCUT2D eigenvalue weighted by Crippen LogP contribution is 2.01. The summed E-state index contributed by atoms with van der Waals surface area (Å²) in [5.41, 5.74) is 2.19. The molecule has 0 atom stereocenters. The zero-order valence-electron chi connectivity index (χ0n) is 13.2. The van der Waals surface area contributed by atoms with Crippen LogP contribution in [0.25, 0.3) is 0 Å². The molecule has 0 saturated carbocycles. The Morgan fingerprint density at radius 3 is 2.04 bits per heavy atom. The third kappa shape index (κ3) is 9.67. The van der Waals surface area contributed by atoms with Gasteiger partial charge in [-0.25, -0.2) is 4.79 Å². The zero-order chi connectivity index (χ0) is 16.0. The van der Waals surface area contributed by atoms with Crippen LogP contribution in [-0.4, -0.2) is 18.1 Å². The molecule has 3 N–H and O–H groups in total. The summed E-state index contributed by atoms with van der Waals surface area (Å²) in [5.74, 6) is 0. The second-order valence-electron chi connectivity index (χ2n) is 4.45. The summed E-state index contributed by atoms with van der Waals surface area (Å²) in [6, 6.07) is 21.4. The Hall–Kier alpha value is -2.84. The van der Waals surface area contributed by atoms with Gasteiger partial charge in [0, 0.05) is 13.5 Å². The standard InChI is InChI=1S/C16H17NO2.C2H3N.H2O/c18-16(19-13-15-9-5-2-6-10-15)17-12-11-14-7-3-1-4-8-14;1-2-3;/h1-10H,11-13H2,(H,17,18);1H3;1H2. The van der Waals surface area contributed by atoms with Gasteiger partial charge >= 0.3 is 6.09 Å². The van der Waals surface area contributed by atoms with Gasteiger partial charge in [-0.1, -0.05) is 60.7 Å². The lowest BCUT2D eigenvalue weighted by atomic mass is 10.1. The van der Waals surface area contributed by atoms with E-state index in [2.05, 4.69) is 5.32 Å². The van der Waals surface area contributed by atoms with Gasteiger partial charge in [0.25, 0.3) is 0 Å². The van der Waals surface area contributed by atoms with Crippen LogP contribution in [0.2, 0.25) is 0 Å². The number of amides is 1. The van der Waals surface area contributed by atoms with E-state index >= 15 is 0 Å². The summed E-state index contributed by atoms with van der Waals surface area (Å²) in [6.45, 7) is 2.32. The molecule has 0 unspecified atom stereocenters. The number of carbonyl (C=O) groups is 1. The van der Waals surface area contributed by atoms with E-state index in [4.69, 9.17) is 10.00 Å². The summed E-state index contributed by atoms with van der Waals surface area (Å²) in [6.07, 6.45) is 0.432. The number of benzene rings is 2. The van der Waals surface area contributed by atoms with Crippen molar-refractivity contribution in [2.75, 3.05) is 6.54 Å². The van der Waals surface area contributed by atoms with Crippen LogP contribution in [0.5, 0.6) is 0 Å². The Morgan fingerprint density at radius 1 is 1.04 bits per heavy atom. The molecule has 122 valence electrons. The molecule has 5 nitrogen and oxygen atoms in total. The first-order valence-electron chi connectivity index (χ1n) is 7.05. The molecule has 2 aromatic carbocycles. The monoisotopic (exact) mass is 314 g/mol. The van der Waals surface area contributed by atoms with E-state index in [0.717, 1.165) is 12.0 Å². The molecule has 0 aromatic heterocycles. The molecule has 1 amide bonds. The van der Waals surface area contributed by atoms with E-state index in [1.54, 1.807) is 6.07 Å². The molecule has 0 saturated heterocycles.